The monoisotopic (exact) mass is 490 g/mol. The molecule has 34 heavy (non-hydrogen) atoms. The number of allylic oxidation sites excluding steroid dienone is 1. The van der Waals surface area contributed by atoms with E-state index in [1.807, 2.05) is 0 Å². The van der Waals surface area contributed by atoms with Gasteiger partial charge in [0, 0.05) is 12.7 Å². The maximum atomic E-state index is 11.5. The Morgan fingerprint density at radius 1 is 1.15 bits per heavy atom. The van der Waals surface area contributed by atoms with E-state index in [0.717, 1.165) is 18.8 Å². The molecule has 2 N–H and O–H groups in total. The molecule has 5 heteroatoms. The standard InChI is InChI=1S/C29H50O4Si/c1-27(2,3)34(6,7)33-21-12-14-28(4)20(17-21)8-9-22-24-11-10-23(19(18-30)16-26(31)32)29(24,5)15-13-25(22)28/h8,19,21-25,30H,9-18H2,1-7H3,(H,31,32)/t19?,21-,22-,23+,24-,25-,28-,29+/m0/s1. The molecule has 0 radical (unpaired) electrons. The van der Waals surface area contributed by atoms with Crippen molar-refractivity contribution in [1.29, 1.82) is 0 Å². The van der Waals surface area contributed by atoms with Crippen LogP contribution in [0.2, 0.25) is 18.1 Å². The average molecular weight is 491 g/mol. The molecule has 0 bridgehead atoms. The Morgan fingerprint density at radius 2 is 1.85 bits per heavy atom. The summed E-state index contributed by atoms with van der Waals surface area (Å²) in [5.74, 6) is 1.58. The van der Waals surface area contributed by atoms with Gasteiger partial charge in [0.05, 0.1) is 6.42 Å². The number of carboxylic acids is 1. The van der Waals surface area contributed by atoms with E-state index >= 15 is 0 Å². The summed E-state index contributed by atoms with van der Waals surface area (Å²) in [6.07, 6.45) is 12.5. The fraction of sp³-hybridized carbons (Fsp3) is 0.897. The topological polar surface area (TPSA) is 66.8 Å². The molecule has 0 heterocycles. The number of hydrogen-bond acceptors (Lipinski definition) is 3. The molecule has 0 aromatic rings. The Morgan fingerprint density at radius 3 is 2.47 bits per heavy atom. The van der Waals surface area contributed by atoms with Gasteiger partial charge in [-0.15, -0.1) is 0 Å². The minimum absolute atomic E-state index is 0.00472. The number of aliphatic hydroxyl groups excluding tert-OH is 1. The van der Waals surface area contributed by atoms with Crippen LogP contribution in [0.4, 0.5) is 0 Å². The highest BCUT2D eigenvalue weighted by molar-refractivity contribution is 6.74. The summed E-state index contributed by atoms with van der Waals surface area (Å²) in [6.45, 7) is 16.8. The van der Waals surface area contributed by atoms with Crippen molar-refractivity contribution in [3.05, 3.63) is 11.6 Å². The summed E-state index contributed by atoms with van der Waals surface area (Å²) in [6, 6.07) is 0. The Kier molecular flexibility index (Phi) is 7.01. The third-order valence-corrected chi connectivity index (χ3v) is 16.2. The third kappa shape index (κ3) is 4.36. The van der Waals surface area contributed by atoms with Crippen molar-refractivity contribution in [1.82, 2.24) is 0 Å². The van der Waals surface area contributed by atoms with Gasteiger partial charge in [0.15, 0.2) is 8.32 Å². The number of carbonyl (C=O) groups is 1. The molecule has 0 amide bonds. The van der Waals surface area contributed by atoms with Gasteiger partial charge in [0.2, 0.25) is 0 Å². The Hall–Kier alpha value is -0.653. The first-order valence-electron chi connectivity index (χ1n) is 13.9. The van der Waals surface area contributed by atoms with E-state index in [1.165, 1.54) is 38.5 Å². The second-order valence-electron chi connectivity index (χ2n) is 14.3. The molecule has 0 aromatic heterocycles. The quantitative estimate of drug-likeness (QED) is 0.309. The summed E-state index contributed by atoms with van der Waals surface area (Å²) in [7, 11) is -1.76. The summed E-state index contributed by atoms with van der Waals surface area (Å²) >= 11 is 0. The third-order valence-electron chi connectivity index (χ3n) is 11.6. The van der Waals surface area contributed by atoms with Crippen LogP contribution in [0.15, 0.2) is 11.6 Å². The predicted octanol–water partition coefficient (Wildman–Crippen LogP) is 7.04. The van der Waals surface area contributed by atoms with E-state index in [9.17, 15) is 15.0 Å². The van der Waals surface area contributed by atoms with E-state index in [-0.39, 0.29) is 29.4 Å². The number of rotatable bonds is 6. The molecule has 4 nitrogen and oxygen atoms in total. The fourth-order valence-electron chi connectivity index (χ4n) is 8.69. The molecule has 194 valence electrons. The van der Waals surface area contributed by atoms with Crippen LogP contribution in [0, 0.1) is 40.4 Å². The van der Waals surface area contributed by atoms with E-state index < -0.39 is 14.3 Å². The molecule has 4 aliphatic carbocycles. The molecule has 4 rings (SSSR count). The van der Waals surface area contributed by atoms with Crippen molar-refractivity contribution in [3.8, 4) is 0 Å². The number of aliphatic carboxylic acids is 1. The van der Waals surface area contributed by atoms with Gasteiger partial charge in [-0.3, -0.25) is 4.79 Å². The summed E-state index contributed by atoms with van der Waals surface area (Å²) in [5.41, 5.74) is 2.14. The SMILES string of the molecule is CC(C)(C)[Si](C)(C)O[C@H]1CC[C@@]2(C)C(=CC[C@H]3[C@@H]4CC[C@H](C(CO)CC(=O)O)[C@@]4(C)CC[C@@H]32)C1. The lowest BCUT2D eigenvalue weighted by molar-refractivity contribution is -0.140. The number of hydrogen-bond donors (Lipinski definition) is 2. The van der Waals surface area contributed by atoms with Gasteiger partial charge < -0.3 is 14.6 Å². The van der Waals surface area contributed by atoms with E-state index in [4.69, 9.17) is 4.43 Å². The Bertz CT molecular complexity index is 813. The second kappa shape index (κ2) is 9.02. The van der Waals surface area contributed by atoms with Crippen LogP contribution in [-0.2, 0) is 9.22 Å². The van der Waals surface area contributed by atoms with Crippen molar-refractivity contribution < 1.29 is 19.4 Å². The first kappa shape index (κ1) is 26.4. The van der Waals surface area contributed by atoms with Crippen LogP contribution < -0.4 is 0 Å². The molecule has 1 unspecified atom stereocenters. The minimum Gasteiger partial charge on any atom is -0.481 e. The Balaban J connectivity index is 1.51. The van der Waals surface area contributed by atoms with E-state index in [2.05, 4.69) is 53.8 Å². The van der Waals surface area contributed by atoms with Crippen molar-refractivity contribution >= 4 is 14.3 Å². The fourth-order valence-corrected chi connectivity index (χ4v) is 10.1. The van der Waals surface area contributed by atoms with Gasteiger partial charge >= 0.3 is 5.97 Å². The van der Waals surface area contributed by atoms with Gasteiger partial charge in [0.1, 0.15) is 0 Å². The van der Waals surface area contributed by atoms with E-state index in [1.54, 1.807) is 5.57 Å². The Labute approximate surface area is 209 Å². The van der Waals surface area contributed by atoms with Crippen LogP contribution in [0.3, 0.4) is 0 Å². The number of fused-ring (bicyclic) bond motifs is 5. The van der Waals surface area contributed by atoms with Crippen molar-refractivity contribution in [2.45, 2.75) is 117 Å². The van der Waals surface area contributed by atoms with Crippen LogP contribution in [-0.4, -0.2) is 37.2 Å². The lowest BCUT2D eigenvalue weighted by Crippen LogP contribution is -2.52. The molecule has 4 aliphatic rings. The van der Waals surface area contributed by atoms with Crippen molar-refractivity contribution in [3.63, 3.8) is 0 Å². The zero-order chi connectivity index (χ0) is 25.1. The van der Waals surface area contributed by atoms with Crippen LogP contribution in [0.5, 0.6) is 0 Å². The normalized spacial score (nSPS) is 41.2. The smallest absolute Gasteiger partial charge is 0.303 e. The van der Waals surface area contributed by atoms with Gasteiger partial charge in [-0.25, -0.2) is 0 Å². The van der Waals surface area contributed by atoms with Crippen molar-refractivity contribution in [2.24, 2.45) is 40.4 Å². The lowest BCUT2D eigenvalue weighted by Gasteiger charge is -2.59. The average Bonchev–Trinajstić information content (AvgIpc) is 3.08. The molecular formula is C29H50O4Si. The summed E-state index contributed by atoms with van der Waals surface area (Å²) in [5, 5.41) is 19.7. The van der Waals surface area contributed by atoms with Gasteiger partial charge in [-0.2, -0.15) is 0 Å². The second-order valence-corrected chi connectivity index (χ2v) is 19.0. The van der Waals surface area contributed by atoms with Gasteiger partial charge in [-0.05, 0) is 110 Å². The van der Waals surface area contributed by atoms with Crippen molar-refractivity contribution in [2.75, 3.05) is 6.61 Å². The maximum Gasteiger partial charge on any atom is 0.303 e. The molecule has 0 saturated heterocycles. The summed E-state index contributed by atoms with van der Waals surface area (Å²) in [4.78, 5) is 11.5. The van der Waals surface area contributed by atoms with E-state index in [0.29, 0.717) is 29.3 Å². The zero-order valence-electron chi connectivity index (χ0n) is 22.8. The largest absolute Gasteiger partial charge is 0.481 e. The maximum absolute atomic E-state index is 11.5. The lowest BCUT2D eigenvalue weighted by atomic mass is 9.47. The summed E-state index contributed by atoms with van der Waals surface area (Å²) < 4.78 is 6.87. The highest BCUT2D eigenvalue weighted by atomic mass is 28.4. The molecule has 3 saturated carbocycles. The molecule has 0 aromatic carbocycles. The van der Waals surface area contributed by atoms with Crippen LogP contribution >= 0.6 is 0 Å². The molecular weight excluding hydrogens is 440 g/mol. The van der Waals surface area contributed by atoms with Crippen LogP contribution in [0.1, 0.15) is 92.4 Å². The van der Waals surface area contributed by atoms with Crippen LogP contribution in [0.25, 0.3) is 0 Å². The van der Waals surface area contributed by atoms with Gasteiger partial charge in [0.25, 0.3) is 0 Å². The predicted molar refractivity (Wildman–Crippen MR) is 140 cm³/mol. The minimum atomic E-state index is -1.76. The first-order chi connectivity index (χ1) is 15.7. The molecule has 0 aliphatic heterocycles. The zero-order valence-corrected chi connectivity index (χ0v) is 23.8. The first-order valence-corrected chi connectivity index (χ1v) is 16.8. The molecule has 0 spiro atoms. The van der Waals surface area contributed by atoms with Gasteiger partial charge in [-0.1, -0.05) is 46.3 Å². The number of carboxylic acid groups (broad SMARTS) is 1. The molecule has 3 fully saturated rings. The molecule has 8 atom stereocenters. The highest BCUT2D eigenvalue weighted by Gasteiger charge is 2.59. The number of aliphatic hydroxyl groups is 1. The highest BCUT2D eigenvalue weighted by Crippen LogP contribution is 2.67.